The van der Waals surface area contributed by atoms with E-state index >= 15 is 0 Å². The van der Waals surface area contributed by atoms with Gasteiger partial charge in [-0.15, -0.1) is 0 Å². The molecule has 0 aliphatic heterocycles. The maximum atomic E-state index is 11.1. The lowest BCUT2D eigenvalue weighted by atomic mass is 9.49. The number of fused-ring (bicyclic) bond motifs is 5. The van der Waals surface area contributed by atoms with Crippen molar-refractivity contribution in [3.05, 3.63) is 23.3 Å². The van der Waals surface area contributed by atoms with E-state index in [2.05, 4.69) is 58.5 Å². The van der Waals surface area contributed by atoms with Gasteiger partial charge in [-0.3, -0.25) is 0 Å². The number of hydrogen-bond donors (Lipinski definition) is 3. The molecule has 0 heterocycles. The molecule has 4 rings (SSSR count). The molecule has 194 valence electrons. The molecule has 0 aromatic carbocycles. The Labute approximate surface area is 212 Å². The molecule has 0 aromatic rings. The van der Waals surface area contributed by atoms with Gasteiger partial charge in [0.25, 0.3) is 0 Å². The molecule has 0 radical (unpaired) electrons. The van der Waals surface area contributed by atoms with Crippen LogP contribution in [-0.2, 0) is 0 Å². The van der Waals surface area contributed by atoms with E-state index in [9.17, 15) is 15.3 Å². The van der Waals surface area contributed by atoms with Gasteiger partial charge in [-0.25, -0.2) is 0 Å². The molecule has 4 aliphatic rings. The van der Waals surface area contributed by atoms with Gasteiger partial charge in [-0.2, -0.15) is 11.8 Å². The van der Waals surface area contributed by atoms with Gasteiger partial charge in [-0.1, -0.05) is 70.8 Å². The maximum absolute atomic E-state index is 11.1. The van der Waals surface area contributed by atoms with Crippen LogP contribution in [0.2, 0.25) is 0 Å². The van der Waals surface area contributed by atoms with Crippen LogP contribution in [-0.4, -0.2) is 44.1 Å². The summed E-state index contributed by atoms with van der Waals surface area (Å²) in [7, 11) is 0. The molecule has 0 amide bonds. The summed E-state index contributed by atoms with van der Waals surface area (Å²) in [5, 5.41) is 33.0. The van der Waals surface area contributed by atoms with Crippen molar-refractivity contribution >= 4 is 11.8 Å². The molecule has 3 fully saturated rings. The Bertz CT molecular complexity index is 784. The van der Waals surface area contributed by atoms with Gasteiger partial charge in [-0.05, 0) is 80.3 Å². The quantitative estimate of drug-likeness (QED) is 0.338. The Morgan fingerprint density at radius 2 is 1.74 bits per heavy atom. The van der Waals surface area contributed by atoms with Gasteiger partial charge in [0.2, 0.25) is 0 Å². The van der Waals surface area contributed by atoms with Crippen molar-refractivity contribution in [1.82, 2.24) is 0 Å². The van der Waals surface area contributed by atoms with Gasteiger partial charge in [0, 0.05) is 17.1 Å². The Kier molecular flexibility index (Phi) is 8.05. The summed E-state index contributed by atoms with van der Waals surface area (Å²) in [6.45, 7) is 11.6. The molecule has 34 heavy (non-hydrogen) atoms. The van der Waals surface area contributed by atoms with Crippen LogP contribution >= 0.6 is 11.8 Å². The molecular weight excluding hydrogens is 440 g/mol. The van der Waals surface area contributed by atoms with Crippen molar-refractivity contribution in [1.29, 1.82) is 0 Å². The third kappa shape index (κ3) is 4.59. The average molecular weight is 491 g/mol. The first-order valence-electron chi connectivity index (χ1n) is 14.2. The lowest BCUT2D eigenvalue weighted by Gasteiger charge is -2.56. The van der Waals surface area contributed by atoms with E-state index in [1.807, 2.05) is 0 Å². The fourth-order valence-electron chi connectivity index (χ4n) is 8.72. The second kappa shape index (κ2) is 10.2. The summed E-state index contributed by atoms with van der Waals surface area (Å²) >= 11 is 2.09. The highest BCUT2D eigenvalue weighted by Gasteiger charge is 2.58. The van der Waals surface area contributed by atoms with Gasteiger partial charge >= 0.3 is 0 Å². The van der Waals surface area contributed by atoms with Crippen molar-refractivity contribution < 1.29 is 15.3 Å². The molecular formula is C30H50O3S. The molecule has 3 N–H and O–H groups in total. The Hall–Kier alpha value is -0.290. The number of thioether (sulfide) groups is 1. The van der Waals surface area contributed by atoms with Crippen LogP contribution in [0.1, 0.15) is 105 Å². The van der Waals surface area contributed by atoms with E-state index in [0.717, 1.165) is 44.3 Å². The predicted molar refractivity (Wildman–Crippen MR) is 144 cm³/mol. The minimum absolute atomic E-state index is 0.202. The SMILES string of the molecule is CCCC(O)(CCC)CCSC(C)[C@H]1CC[C@H]2C3=CC=C4C[C@@H](O)C[C@H](O)[C@]4(C)[C@H]3CC[C@]12C. The van der Waals surface area contributed by atoms with Crippen LogP contribution in [0.25, 0.3) is 0 Å². The van der Waals surface area contributed by atoms with Crippen molar-refractivity contribution in [3.63, 3.8) is 0 Å². The molecule has 0 aromatic heterocycles. The third-order valence-electron chi connectivity index (χ3n) is 10.7. The highest BCUT2D eigenvalue weighted by Crippen LogP contribution is 2.66. The van der Waals surface area contributed by atoms with Crippen molar-refractivity contribution in [2.24, 2.45) is 28.6 Å². The third-order valence-corrected chi connectivity index (χ3v) is 12.0. The number of aliphatic hydroxyl groups excluding tert-OH is 2. The summed E-state index contributed by atoms with van der Waals surface area (Å²) in [5.41, 5.74) is 2.51. The monoisotopic (exact) mass is 490 g/mol. The van der Waals surface area contributed by atoms with Crippen LogP contribution in [0.5, 0.6) is 0 Å². The van der Waals surface area contributed by atoms with E-state index in [-0.39, 0.29) is 5.41 Å². The van der Waals surface area contributed by atoms with Gasteiger partial charge in [0.15, 0.2) is 0 Å². The maximum Gasteiger partial charge on any atom is 0.0661 e. The van der Waals surface area contributed by atoms with Crippen LogP contribution in [0.15, 0.2) is 23.3 Å². The first-order valence-corrected chi connectivity index (χ1v) is 15.2. The highest BCUT2D eigenvalue weighted by molar-refractivity contribution is 7.99. The molecule has 1 unspecified atom stereocenters. The van der Waals surface area contributed by atoms with E-state index in [4.69, 9.17) is 0 Å². The Balaban J connectivity index is 1.45. The molecule has 0 spiro atoms. The van der Waals surface area contributed by atoms with Crippen molar-refractivity contribution in [2.75, 3.05) is 5.75 Å². The zero-order valence-corrected chi connectivity index (χ0v) is 23.2. The fraction of sp³-hybridized carbons (Fsp3) is 0.867. The standard InChI is InChI=1S/C30H50O3S/c1-6-13-30(33,14-7-2)16-17-34-20(3)24-10-11-25-23-9-8-21-18-22(31)19-27(32)29(21,5)26(23)12-15-28(24,25)4/h8-9,20,22,24-27,31-33H,6-7,10-19H2,1-5H3/t20?,22-,24-,25+,26+,27+,28-,29+/m1/s1. The number of hydrogen-bond acceptors (Lipinski definition) is 4. The normalized spacial score (nSPS) is 40.6. The van der Waals surface area contributed by atoms with E-state index in [1.165, 1.54) is 24.8 Å². The first-order chi connectivity index (χ1) is 16.1. The minimum atomic E-state index is -0.475. The largest absolute Gasteiger partial charge is 0.393 e. The van der Waals surface area contributed by atoms with Gasteiger partial charge < -0.3 is 15.3 Å². The average Bonchev–Trinajstić information content (AvgIpc) is 3.12. The molecule has 3 saturated carbocycles. The summed E-state index contributed by atoms with van der Waals surface area (Å²) in [6.07, 6.45) is 14.9. The Morgan fingerprint density at radius 1 is 1.03 bits per heavy atom. The number of allylic oxidation sites excluding steroid dienone is 3. The zero-order valence-electron chi connectivity index (χ0n) is 22.4. The van der Waals surface area contributed by atoms with E-state index in [1.54, 1.807) is 5.57 Å². The van der Waals surface area contributed by atoms with Crippen LogP contribution in [0, 0.1) is 28.6 Å². The second-order valence-corrected chi connectivity index (χ2v) is 14.1. The molecule has 8 atom stereocenters. The van der Waals surface area contributed by atoms with Crippen LogP contribution in [0.4, 0.5) is 0 Å². The summed E-state index contributed by atoms with van der Waals surface area (Å²) in [6, 6.07) is 0. The minimum Gasteiger partial charge on any atom is -0.393 e. The van der Waals surface area contributed by atoms with E-state index < -0.39 is 17.8 Å². The summed E-state index contributed by atoms with van der Waals surface area (Å²) in [4.78, 5) is 0. The molecule has 0 saturated heterocycles. The smallest absolute Gasteiger partial charge is 0.0661 e. The molecule has 3 nitrogen and oxygen atoms in total. The molecule has 0 bridgehead atoms. The van der Waals surface area contributed by atoms with Crippen molar-refractivity contribution in [2.45, 2.75) is 128 Å². The molecule has 4 heteroatoms. The van der Waals surface area contributed by atoms with E-state index in [0.29, 0.717) is 41.3 Å². The first kappa shape index (κ1) is 26.8. The lowest BCUT2D eigenvalue weighted by Crippen LogP contribution is -2.52. The lowest BCUT2D eigenvalue weighted by molar-refractivity contribution is -0.0526. The predicted octanol–water partition coefficient (Wildman–Crippen LogP) is 6.66. The zero-order chi connectivity index (χ0) is 24.7. The summed E-state index contributed by atoms with van der Waals surface area (Å²) < 4.78 is 0. The highest BCUT2D eigenvalue weighted by atomic mass is 32.2. The van der Waals surface area contributed by atoms with Gasteiger partial charge in [0.05, 0.1) is 17.8 Å². The Morgan fingerprint density at radius 3 is 2.41 bits per heavy atom. The van der Waals surface area contributed by atoms with Crippen LogP contribution < -0.4 is 0 Å². The fourth-order valence-corrected chi connectivity index (χ4v) is 10.3. The summed E-state index contributed by atoms with van der Waals surface area (Å²) in [5.74, 6) is 2.81. The molecule has 4 aliphatic carbocycles. The number of rotatable bonds is 9. The van der Waals surface area contributed by atoms with Gasteiger partial charge in [0.1, 0.15) is 0 Å². The van der Waals surface area contributed by atoms with Crippen molar-refractivity contribution in [3.8, 4) is 0 Å². The topological polar surface area (TPSA) is 60.7 Å². The number of aliphatic hydroxyl groups is 3. The second-order valence-electron chi connectivity index (χ2n) is 12.6. The van der Waals surface area contributed by atoms with Crippen LogP contribution in [0.3, 0.4) is 0 Å².